The van der Waals surface area contributed by atoms with E-state index in [9.17, 15) is 9.59 Å². The van der Waals surface area contributed by atoms with Crippen molar-refractivity contribution < 1.29 is 19.1 Å². The molecule has 0 unspecified atom stereocenters. The van der Waals surface area contributed by atoms with Gasteiger partial charge in [-0.15, -0.1) is 0 Å². The lowest BCUT2D eigenvalue weighted by Crippen LogP contribution is -2.40. The SMILES string of the molecule is CC(C)(C)OC(=O)N1CCCc2cc(-c3cncc(C(C)(C)C(=O)OCc4ccccc4)c3)cnc21. The Morgan fingerprint density at radius 2 is 1.69 bits per heavy atom. The molecule has 188 valence electrons. The normalized spacial score (nSPS) is 13.6. The van der Waals surface area contributed by atoms with Crippen LogP contribution in [0.1, 0.15) is 57.7 Å². The molecule has 0 fully saturated rings. The summed E-state index contributed by atoms with van der Waals surface area (Å²) in [5.74, 6) is 0.315. The van der Waals surface area contributed by atoms with Gasteiger partial charge >= 0.3 is 12.1 Å². The van der Waals surface area contributed by atoms with Gasteiger partial charge in [-0.25, -0.2) is 9.78 Å². The Kier molecular flexibility index (Phi) is 7.11. The van der Waals surface area contributed by atoms with Crippen LogP contribution >= 0.6 is 0 Å². The third kappa shape index (κ3) is 5.73. The first-order chi connectivity index (χ1) is 17.0. The molecule has 1 aliphatic heterocycles. The minimum atomic E-state index is -0.882. The Hall–Kier alpha value is -3.74. The number of benzene rings is 1. The molecule has 0 spiro atoms. The number of aromatic nitrogens is 2. The lowest BCUT2D eigenvalue weighted by molar-refractivity contribution is -0.150. The fourth-order valence-corrected chi connectivity index (χ4v) is 4.08. The van der Waals surface area contributed by atoms with Crippen LogP contribution < -0.4 is 4.90 Å². The maximum Gasteiger partial charge on any atom is 0.416 e. The maximum absolute atomic E-state index is 13.0. The van der Waals surface area contributed by atoms with Crippen LogP contribution in [0.25, 0.3) is 11.1 Å². The van der Waals surface area contributed by atoms with E-state index in [0.29, 0.717) is 12.4 Å². The van der Waals surface area contributed by atoms with Crippen LogP contribution in [0.3, 0.4) is 0 Å². The van der Waals surface area contributed by atoms with Gasteiger partial charge in [-0.3, -0.25) is 14.7 Å². The van der Waals surface area contributed by atoms with E-state index in [0.717, 1.165) is 40.7 Å². The van der Waals surface area contributed by atoms with E-state index in [4.69, 9.17) is 9.47 Å². The summed E-state index contributed by atoms with van der Waals surface area (Å²) in [6.07, 6.45) is 6.46. The van der Waals surface area contributed by atoms with Crippen LogP contribution in [-0.4, -0.2) is 34.2 Å². The van der Waals surface area contributed by atoms with E-state index in [1.54, 1.807) is 23.5 Å². The van der Waals surface area contributed by atoms with Crippen LogP contribution in [0, 0.1) is 0 Å². The van der Waals surface area contributed by atoms with Crippen LogP contribution in [0.4, 0.5) is 10.6 Å². The number of rotatable bonds is 5. The van der Waals surface area contributed by atoms with Crippen molar-refractivity contribution in [3.8, 4) is 11.1 Å². The second-order valence-electron chi connectivity index (χ2n) is 10.6. The van der Waals surface area contributed by atoms with Gasteiger partial charge in [-0.1, -0.05) is 30.3 Å². The summed E-state index contributed by atoms with van der Waals surface area (Å²) >= 11 is 0. The second kappa shape index (κ2) is 10.1. The summed E-state index contributed by atoms with van der Waals surface area (Å²) < 4.78 is 11.2. The van der Waals surface area contributed by atoms with Crippen molar-refractivity contribution in [1.29, 1.82) is 0 Å². The number of ether oxygens (including phenoxy) is 2. The van der Waals surface area contributed by atoms with Gasteiger partial charge in [0.1, 0.15) is 18.0 Å². The highest BCUT2D eigenvalue weighted by molar-refractivity contribution is 5.88. The van der Waals surface area contributed by atoms with Crippen molar-refractivity contribution in [3.63, 3.8) is 0 Å². The number of aryl methyl sites for hydroxylation is 1. The fraction of sp³-hybridized carbons (Fsp3) is 0.379. The van der Waals surface area contributed by atoms with Gasteiger partial charge in [0, 0.05) is 36.3 Å². The first kappa shape index (κ1) is 25.4. The Morgan fingerprint density at radius 1 is 0.972 bits per heavy atom. The molecule has 0 radical (unpaired) electrons. The van der Waals surface area contributed by atoms with Crippen LogP contribution in [0.2, 0.25) is 0 Å². The Bertz CT molecular complexity index is 1250. The van der Waals surface area contributed by atoms with Crippen molar-refractivity contribution in [2.45, 2.75) is 65.1 Å². The highest BCUT2D eigenvalue weighted by atomic mass is 16.6. The average Bonchev–Trinajstić information content (AvgIpc) is 2.86. The zero-order valence-corrected chi connectivity index (χ0v) is 21.6. The predicted molar refractivity (Wildman–Crippen MR) is 139 cm³/mol. The van der Waals surface area contributed by atoms with E-state index in [-0.39, 0.29) is 18.7 Å². The number of pyridine rings is 2. The summed E-state index contributed by atoms with van der Waals surface area (Å²) in [5.41, 5.74) is 2.95. The summed E-state index contributed by atoms with van der Waals surface area (Å²) in [6, 6.07) is 13.6. The highest BCUT2D eigenvalue weighted by Gasteiger charge is 2.33. The topological polar surface area (TPSA) is 81.6 Å². The van der Waals surface area contributed by atoms with E-state index in [2.05, 4.69) is 9.97 Å². The molecule has 0 aliphatic carbocycles. The Balaban J connectivity index is 1.54. The molecule has 2 aromatic heterocycles. The number of amides is 1. The average molecular weight is 488 g/mol. The molecular formula is C29H33N3O4. The predicted octanol–water partition coefficient (Wildman–Crippen LogP) is 5.85. The third-order valence-corrected chi connectivity index (χ3v) is 6.16. The summed E-state index contributed by atoms with van der Waals surface area (Å²) in [7, 11) is 0. The van der Waals surface area contributed by atoms with E-state index >= 15 is 0 Å². The van der Waals surface area contributed by atoms with Gasteiger partial charge in [-0.05, 0) is 76.3 Å². The highest BCUT2D eigenvalue weighted by Crippen LogP contribution is 2.32. The lowest BCUT2D eigenvalue weighted by Gasteiger charge is -2.31. The van der Waals surface area contributed by atoms with Crippen LogP contribution in [0.15, 0.2) is 61.1 Å². The standard InChI is InChI=1S/C29H33N3O4/c1-28(2,3)36-27(34)32-13-9-12-21-14-22(17-31-25(21)32)23-15-24(18-30-16-23)29(4,5)26(33)35-19-20-10-7-6-8-11-20/h6-8,10-11,14-18H,9,12-13,19H2,1-5H3. The smallest absolute Gasteiger partial charge is 0.416 e. The number of fused-ring (bicyclic) bond motifs is 1. The van der Waals surface area contributed by atoms with E-state index in [1.165, 1.54) is 0 Å². The molecular weight excluding hydrogens is 454 g/mol. The molecule has 7 nitrogen and oxygen atoms in total. The number of hydrogen-bond donors (Lipinski definition) is 0. The Labute approximate surface area is 212 Å². The molecule has 0 bridgehead atoms. The molecule has 0 atom stereocenters. The van der Waals surface area contributed by atoms with E-state index in [1.807, 2.05) is 77.1 Å². The first-order valence-corrected chi connectivity index (χ1v) is 12.2. The summed E-state index contributed by atoms with van der Waals surface area (Å²) in [6.45, 7) is 10.0. The number of hydrogen-bond acceptors (Lipinski definition) is 6. The van der Waals surface area contributed by atoms with Crippen LogP contribution in [-0.2, 0) is 32.7 Å². The van der Waals surface area contributed by atoms with Crippen molar-refractivity contribution in [2.75, 3.05) is 11.4 Å². The number of carbonyl (C=O) groups excluding carboxylic acids is 2. The first-order valence-electron chi connectivity index (χ1n) is 12.2. The monoisotopic (exact) mass is 487 g/mol. The molecule has 36 heavy (non-hydrogen) atoms. The van der Waals surface area contributed by atoms with Gasteiger partial charge in [0.25, 0.3) is 0 Å². The third-order valence-electron chi connectivity index (χ3n) is 6.16. The van der Waals surface area contributed by atoms with Crippen LogP contribution in [0.5, 0.6) is 0 Å². The van der Waals surface area contributed by atoms with Gasteiger partial charge < -0.3 is 9.47 Å². The van der Waals surface area contributed by atoms with Crippen molar-refractivity contribution in [3.05, 3.63) is 77.7 Å². The van der Waals surface area contributed by atoms with Gasteiger partial charge in [-0.2, -0.15) is 0 Å². The van der Waals surface area contributed by atoms with Crippen molar-refractivity contribution in [1.82, 2.24) is 9.97 Å². The number of anilines is 1. The van der Waals surface area contributed by atoms with Gasteiger partial charge in [0.15, 0.2) is 0 Å². The molecule has 3 aromatic rings. The fourth-order valence-electron chi connectivity index (χ4n) is 4.08. The molecule has 0 saturated carbocycles. The van der Waals surface area contributed by atoms with Gasteiger partial charge in [0.05, 0.1) is 5.41 Å². The largest absolute Gasteiger partial charge is 0.460 e. The Morgan fingerprint density at radius 3 is 2.42 bits per heavy atom. The van der Waals surface area contributed by atoms with Crippen molar-refractivity contribution in [2.24, 2.45) is 0 Å². The zero-order chi connectivity index (χ0) is 25.9. The minimum Gasteiger partial charge on any atom is -0.460 e. The molecule has 0 saturated heterocycles. The van der Waals surface area contributed by atoms with Crippen molar-refractivity contribution >= 4 is 17.9 Å². The lowest BCUT2D eigenvalue weighted by atomic mass is 9.84. The number of carbonyl (C=O) groups is 2. The number of nitrogens with zero attached hydrogens (tertiary/aromatic N) is 3. The number of esters is 1. The second-order valence-corrected chi connectivity index (χ2v) is 10.6. The maximum atomic E-state index is 13.0. The molecule has 1 aliphatic rings. The molecule has 1 aromatic carbocycles. The molecule has 1 amide bonds. The molecule has 3 heterocycles. The zero-order valence-electron chi connectivity index (χ0n) is 21.6. The van der Waals surface area contributed by atoms with Gasteiger partial charge in [0.2, 0.25) is 0 Å². The molecule has 4 rings (SSSR count). The summed E-state index contributed by atoms with van der Waals surface area (Å²) in [4.78, 5) is 36.3. The van der Waals surface area contributed by atoms with E-state index < -0.39 is 11.0 Å². The molecule has 0 N–H and O–H groups in total. The quantitative estimate of drug-likeness (QED) is 0.420. The minimum absolute atomic E-state index is 0.221. The summed E-state index contributed by atoms with van der Waals surface area (Å²) in [5, 5.41) is 0. The molecule has 7 heteroatoms.